The number of nitrogen functional groups attached to an aromatic ring is 1. The van der Waals surface area contributed by atoms with Gasteiger partial charge in [0.05, 0.1) is 12.2 Å². The quantitative estimate of drug-likeness (QED) is 0.581. The summed E-state index contributed by atoms with van der Waals surface area (Å²) >= 11 is 0. The second kappa shape index (κ2) is 7.63. The molecule has 0 radical (unpaired) electrons. The van der Waals surface area contributed by atoms with E-state index in [1.165, 1.54) is 0 Å². The maximum atomic E-state index is 11.8. The highest BCUT2D eigenvalue weighted by Crippen LogP contribution is 2.19. The molecule has 0 heterocycles. The van der Waals surface area contributed by atoms with E-state index < -0.39 is 0 Å². The van der Waals surface area contributed by atoms with Crippen LogP contribution in [0, 0.1) is 0 Å². The van der Waals surface area contributed by atoms with Gasteiger partial charge in [-0.2, -0.15) is 0 Å². The summed E-state index contributed by atoms with van der Waals surface area (Å²) in [6.45, 7) is 6.91. The molecule has 0 saturated carbocycles. The molecule has 1 aromatic carbocycles. The molecule has 0 bridgehead atoms. The summed E-state index contributed by atoms with van der Waals surface area (Å²) in [6, 6.07) is 5.23. The topological polar surface area (TPSA) is 67.6 Å². The van der Waals surface area contributed by atoms with Crippen molar-refractivity contribution in [1.82, 2.24) is 4.90 Å². The standard InChI is InChI=1S/C14H23N3O2/c1-4-17(3)9-8-16-13-7-6-11(15)10-12(13)14(18)19-5-2/h6-7,10,16H,4-5,8-9,15H2,1-3H3. The van der Waals surface area contributed by atoms with Gasteiger partial charge in [0.1, 0.15) is 0 Å². The van der Waals surface area contributed by atoms with Crippen molar-refractivity contribution in [2.24, 2.45) is 0 Å². The molecule has 1 rings (SSSR count). The highest BCUT2D eigenvalue weighted by molar-refractivity contribution is 5.96. The van der Waals surface area contributed by atoms with Crippen LogP contribution in [0.15, 0.2) is 18.2 Å². The van der Waals surface area contributed by atoms with Gasteiger partial charge in [-0.3, -0.25) is 0 Å². The lowest BCUT2D eigenvalue weighted by Gasteiger charge is -2.16. The molecule has 0 unspecified atom stereocenters. The number of anilines is 2. The van der Waals surface area contributed by atoms with Gasteiger partial charge in [-0.25, -0.2) is 4.79 Å². The monoisotopic (exact) mass is 265 g/mol. The average Bonchev–Trinajstić information content (AvgIpc) is 2.40. The summed E-state index contributed by atoms with van der Waals surface area (Å²) in [6.07, 6.45) is 0. The minimum Gasteiger partial charge on any atom is -0.462 e. The van der Waals surface area contributed by atoms with Crippen molar-refractivity contribution in [2.75, 3.05) is 44.3 Å². The predicted octanol–water partition coefficient (Wildman–Crippen LogP) is 1.81. The molecule has 0 fully saturated rings. The minimum absolute atomic E-state index is 0.346. The average molecular weight is 265 g/mol. The molecule has 0 amide bonds. The fraction of sp³-hybridized carbons (Fsp3) is 0.500. The number of nitrogens with one attached hydrogen (secondary N) is 1. The number of rotatable bonds is 7. The molecule has 0 aliphatic rings. The first-order chi connectivity index (χ1) is 9.08. The van der Waals surface area contributed by atoms with Crippen LogP contribution in [0.1, 0.15) is 24.2 Å². The van der Waals surface area contributed by atoms with Crippen LogP contribution < -0.4 is 11.1 Å². The summed E-state index contributed by atoms with van der Waals surface area (Å²) in [5.41, 5.74) is 7.52. The summed E-state index contributed by atoms with van der Waals surface area (Å²) < 4.78 is 5.03. The van der Waals surface area contributed by atoms with Crippen LogP contribution in [0.5, 0.6) is 0 Å². The highest BCUT2D eigenvalue weighted by Gasteiger charge is 2.12. The molecule has 0 aliphatic carbocycles. The predicted molar refractivity (Wildman–Crippen MR) is 78.5 cm³/mol. The Hall–Kier alpha value is -1.75. The zero-order valence-corrected chi connectivity index (χ0v) is 11.9. The Labute approximate surface area is 114 Å². The summed E-state index contributed by atoms with van der Waals surface area (Å²) in [5.74, 6) is -0.346. The summed E-state index contributed by atoms with van der Waals surface area (Å²) in [4.78, 5) is 14.0. The number of nitrogens with zero attached hydrogens (tertiary/aromatic N) is 1. The molecule has 5 heteroatoms. The lowest BCUT2D eigenvalue weighted by atomic mass is 10.1. The molecular formula is C14H23N3O2. The number of hydrogen-bond donors (Lipinski definition) is 2. The van der Waals surface area contributed by atoms with Gasteiger partial charge in [-0.15, -0.1) is 0 Å². The van der Waals surface area contributed by atoms with Gasteiger partial charge < -0.3 is 20.7 Å². The fourth-order valence-electron chi connectivity index (χ4n) is 1.63. The normalized spacial score (nSPS) is 10.5. The Morgan fingerprint density at radius 1 is 1.42 bits per heavy atom. The molecular weight excluding hydrogens is 242 g/mol. The van der Waals surface area contributed by atoms with Crippen molar-refractivity contribution < 1.29 is 9.53 Å². The Morgan fingerprint density at radius 3 is 2.79 bits per heavy atom. The Bertz CT molecular complexity index is 421. The zero-order valence-electron chi connectivity index (χ0n) is 11.9. The van der Waals surface area contributed by atoms with E-state index in [1.807, 2.05) is 6.07 Å². The number of benzene rings is 1. The van der Waals surface area contributed by atoms with E-state index >= 15 is 0 Å². The summed E-state index contributed by atoms with van der Waals surface area (Å²) in [7, 11) is 2.05. The Kier molecular flexibility index (Phi) is 6.15. The molecule has 3 N–H and O–H groups in total. The largest absolute Gasteiger partial charge is 0.462 e. The van der Waals surface area contributed by atoms with Crippen LogP contribution in [-0.2, 0) is 4.74 Å². The first-order valence-corrected chi connectivity index (χ1v) is 6.57. The van der Waals surface area contributed by atoms with Crippen LogP contribution in [0.25, 0.3) is 0 Å². The number of esters is 1. The lowest BCUT2D eigenvalue weighted by Crippen LogP contribution is -2.25. The molecule has 19 heavy (non-hydrogen) atoms. The highest BCUT2D eigenvalue weighted by atomic mass is 16.5. The second-order valence-electron chi connectivity index (χ2n) is 4.35. The van der Waals surface area contributed by atoms with E-state index in [0.29, 0.717) is 17.9 Å². The molecule has 106 valence electrons. The number of carbonyl (C=O) groups is 1. The van der Waals surface area contributed by atoms with Crippen LogP contribution in [-0.4, -0.2) is 44.2 Å². The maximum Gasteiger partial charge on any atom is 0.340 e. The fourth-order valence-corrected chi connectivity index (χ4v) is 1.63. The smallest absolute Gasteiger partial charge is 0.340 e. The van der Waals surface area contributed by atoms with Crippen LogP contribution in [0.2, 0.25) is 0 Å². The van der Waals surface area contributed by atoms with Crippen LogP contribution >= 0.6 is 0 Å². The van der Waals surface area contributed by atoms with Gasteiger partial charge >= 0.3 is 5.97 Å². The molecule has 0 saturated heterocycles. The molecule has 5 nitrogen and oxygen atoms in total. The van der Waals surface area contributed by atoms with Gasteiger partial charge in [0.15, 0.2) is 0 Å². The van der Waals surface area contributed by atoms with E-state index in [2.05, 4.69) is 24.2 Å². The van der Waals surface area contributed by atoms with Gasteiger partial charge in [0, 0.05) is 24.5 Å². The Morgan fingerprint density at radius 2 is 2.16 bits per heavy atom. The van der Waals surface area contributed by atoms with E-state index in [0.717, 1.165) is 25.3 Å². The van der Waals surface area contributed by atoms with Crippen molar-refractivity contribution in [2.45, 2.75) is 13.8 Å². The van der Waals surface area contributed by atoms with Gasteiger partial charge in [-0.05, 0) is 38.7 Å². The third-order valence-corrected chi connectivity index (χ3v) is 2.89. The molecule has 0 atom stereocenters. The minimum atomic E-state index is -0.346. The van der Waals surface area contributed by atoms with E-state index in [-0.39, 0.29) is 5.97 Å². The number of likely N-dealkylation sites (N-methyl/N-ethyl adjacent to an activating group) is 1. The second-order valence-corrected chi connectivity index (χ2v) is 4.35. The first kappa shape index (κ1) is 15.3. The van der Waals surface area contributed by atoms with Crippen LogP contribution in [0.3, 0.4) is 0 Å². The molecule has 0 aromatic heterocycles. The van der Waals surface area contributed by atoms with E-state index in [9.17, 15) is 4.79 Å². The van der Waals surface area contributed by atoms with Gasteiger partial charge in [0.25, 0.3) is 0 Å². The van der Waals surface area contributed by atoms with Crippen molar-refractivity contribution in [1.29, 1.82) is 0 Å². The Balaban J connectivity index is 2.73. The van der Waals surface area contributed by atoms with Crippen molar-refractivity contribution in [3.8, 4) is 0 Å². The van der Waals surface area contributed by atoms with E-state index in [4.69, 9.17) is 10.5 Å². The number of carbonyl (C=O) groups excluding carboxylic acids is 1. The maximum absolute atomic E-state index is 11.8. The van der Waals surface area contributed by atoms with Crippen LogP contribution in [0.4, 0.5) is 11.4 Å². The zero-order chi connectivity index (χ0) is 14.3. The molecule has 1 aromatic rings. The van der Waals surface area contributed by atoms with Gasteiger partial charge in [-0.1, -0.05) is 6.92 Å². The van der Waals surface area contributed by atoms with Crippen molar-refractivity contribution >= 4 is 17.3 Å². The first-order valence-electron chi connectivity index (χ1n) is 6.57. The third-order valence-electron chi connectivity index (χ3n) is 2.89. The number of ether oxygens (including phenoxy) is 1. The van der Waals surface area contributed by atoms with Crippen molar-refractivity contribution in [3.05, 3.63) is 23.8 Å². The summed E-state index contributed by atoms with van der Waals surface area (Å²) in [5, 5.41) is 3.25. The number of hydrogen-bond acceptors (Lipinski definition) is 5. The third kappa shape index (κ3) is 4.79. The van der Waals surface area contributed by atoms with E-state index in [1.54, 1.807) is 19.1 Å². The molecule has 0 aliphatic heterocycles. The van der Waals surface area contributed by atoms with Gasteiger partial charge in [0.2, 0.25) is 0 Å². The lowest BCUT2D eigenvalue weighted by molar-refractivity contribution is 0.0527. The van der Waals surface area contributed by atoms with Crippen molar-refractivity contribution in [3.63, 3.8) is 0 Å². The SMILES string of the molecule is CCOC(=O)c1cc(N)ccc1NCCN(C)CC. The molecule has 0 spiro atoms. The number of nitrogens with two attached hydrogens (primary N) is 1.